The van der Waals surface area contributed by atoms with E-state index in [9.17, 15) is 9.90 Å². The Labute approximate surface area is 131 Å². The molecule has 1 aromatic rings. The van der Waals surface area contributed by atoms with Crippen molar-refractivity contribution < 1.29 is 9.90 Å². The van der Waals surface area contributed by atoms with Crippen LogP contribution in [0.1, 0.15) is 31.2 Å². The van der Waals surface area contributed by atoms with Crippen LogP contribution in [0, 0.1) is 12.8 Å². The predicted molar refractivity (Wildman–Crippen MR) is 85.8 cm³/mol. The molecule has 2 unspecified atom stereocenters. The highest BCUT2D eigenvalue weighted by Crippen LogP contribution is 2.27. The quantitative estimate of drug-likeness (QED) is 0.895. The smallest absolute Gasteiger partial charge is 0.321 e. The van der Waals surface area contributed by atoms with Crippen LogP contribution in [-0.2, 0) is 0 Å². The minimum atomic E-state index is -0.295. The van der Waals surface area contributed by atoms with Gasteiger partial charge in [-0.3, -0.25) is 0 Å². The SMILES string of the molecule is Cc1cccc(NC(=O)N(C)CC2CCCCC2O)c1Cl. The summed E-state index contributed by atoms with van der Waals surface area (Å²) in [5.41, 5.74) is 1.55. The van der Waals surface area contributed by atoms with Crippen molar-refractivity contribution in [3.05, 3.63) is 28.8 Å². The largest absolute Gasteiger partial charge is 0.393 e. The van der Waals surface area contributed by atoms with Crippen LogP contribution in [-0.4, -0.2) is 35.7 Å². The van der Waals surface area contributed by atoms with Gasteiger partial charge in [-0.15, -0.1) is 0 Å². The van der Waals surface area contributed by atoms with Gasteiger partial charge in [-0.25, -0.2) is 4.79 Å². The standard InChI is InChI=1S/C16H23ClN2O2/c1-11-6-5-8-13(15(11)17)18-16(21)19(2)10-12-7-3-4-9-14(12)20/h5-6,8,12,14,20H,3-4,7,9-10H2,1-2H3,(H,18,21). The molecule has 0 spiro atoms. The molecule has 4 nitrogen and oxygen atoms in total. The van der Waals surface area contributed by atoms with E-state index in [-0.39, 0.29) is 18.1 Å². The van der Waals surface area contributed by atoms with Gasteiger partial charge in [0.15, 0.2) is 0 Å². The zero-order valence-corrected chi connectivity index (χ0v) is 13.4. The summed E-state index contributed by atoms with van der Waals surface area (Å²) in [6, 6.07) is 5.36. The Bertz CT molecular complexity index is 507. The van der Waals surface area contributed by atoms with Crippen LogP contribution in [0.2, 0.25) is 5.02 Å². The summed E-state index contributed by atoms with van der Waals surface area (Å²) in [7, 11) is 1.75. The van der Waals surface area contributed by atoms with Crippen LogP contribution >= 0.6 is 11.6 Å². The number of nitrogens with zero attached hydrogens (tertiary/aromatic N) is 1. The summed E-state index contributed by atoms with van der Waals surface area (Å²) in [6.07, 6.45) is 3.72. The first-order valence-electron chi connectivity index (χ1n) is 7.44. The number of carbonyl (C=O) groups is 1. The van der Waals surface area contributed by atoms with Crippen molar-refractivity contribution in [1.82, 2.24) is 4.90 Å². The highest BCUT2D eigenvalue weighted by molar-refractivity contribution is 6.34. The molecular formula is C16H23ClN2O2. The number of benzene rings is 1. The lowest BCUT2D eigenvalue weighted by Crippen LogP contribution is -2.40. The minimum Gasteiger partial charge on any atom is -0.393 e. The van der Waals surface area contributed by atoms with Crippen molar-refractivity contribution >= 4 is 23.3 Å². The van der Waals surface area contributed by atoms with Gasteiger partial charge < -0.3 is 15.3 Å². The second kappa shape index (κ2) is 7.14. The second-order valence-corrected chi connectivity index (χ2v) is 6.24. The number of aliphatic hydroxyl groups is 1. The molecule has 0 aromatic heterocycles. The van der Waals surface area contributed by atoms with Gasteiger partial charge in [0.1, 0.15) is 0 Å². The molecular weight excluding hydrogens is 288 g/mol. The van der Waals surface area contributed by atoms with E-state index in [1.54, 1.807) is 18.0 Å². The van der Waals surface area contributed by atoms with Gasteiger partial charge in [-0.05, 0) is 31.4 Å². The summed E-state index contributed by atoms with van der Waals surface area (Å²) in [5.74, 6) is 0.169. The maximum absolute atomic E-state index is 12.2. The first-order chi connectivity index (χ1) is 9.99. The van der Waals surface area contributed by atoms with Gasteiger partial charge in [0.2, 0.25) is 0 Å². The fraction of sp³-hybridized carbons (Fsp3) is 0.562. The predicted octanol–water partition coefficient (Wildman–Crippen LogP) is 3.66. The van der Waals surface area contributed by atoms with E-state index in [1.807, 2.05) is 19.1 Å². The molecule has 0 radical (unpaired) electrons. The summed E-state index contributed by atoms with van der Waals surface area (Å²) in [5, 5.41) is 13.4. The average molecular weight is 311 g/mol. The molecule has 1 fully saturated rings. The zero-order valence-electron chi connectivity index (χ0n) is 12.6. The third kappa shape index (κ3) is 4.11. The number of rotatable bonds is 3. The van der Waals surface area contributed by atoms with Crippen LogP contribution in [0.4, 0.5) is 10.5 Å². The van der Waals surface area contributed by atoms with E-state index in [2.05, 4.69) is 5.32 Å². The van der Waals surface area contributed by atoms with Crippen molar-refractivity contribution in [1.29, 1.82) is 0 Å². The first kappa shape index (κ1) is 16.1. The molecule has 0 aliphatic heterocycles. The fourth-order valence-electron chi connectivity index (χ4n) is 2.79. The Morgan fingerprint density at radius 2 is 2.14 bits per heavy atom. The van der Waals surface area contributed by atoms with Gasteiger partial charge in [0, 0.05) is 19.5 Å². The molecule has 1 aromatic carbocycles. The number of anilines is 1. The molecule has 2 atom stereocenters. The van der Waals surface area contributed by atoms with Crippen LogP contribution in [0.15, 0.2) is 18.2 Å². The fourth-order valence-corrected chi connectivity index (χ4v) is 2.96. The number of aliphatic hydroxyl groups excluding tert-OH is 1. The van der Waals surface area contributed by atoms with Crippen molar-refractivity contribution in [2.24, 2.45) is 5.92 Å². The normalized spacial score (nSPS) is 21.9. The van der Waals surface area contributed by atoms with Gasteiger partial charge in [0.25, 0.3) is 0 Å². The number of halogens is 1. The molecule has 5 heteroatoms. The molecule has 1 aliphatic carbocycles. The topological polar surface area (TPSA) is 52.6 Å². The molecule has 2 rings (SSSR count). The highest BCUT2D eigenvalue weighted by atomic mass is 35.5. The van der Waals surface area contributed by atoms with E-state index in [0.29, 0.717) is 17.3 Å². The van der Waals surface area contributed by atoms with E-state index >= 15 is 0 Å². The Kier molecular flexibility index (Phi) is 5.48. The van der Waals surface area contributed by atoms with Gasteiger partial charge in [-0.1, -0.05) is 36.6 Å². The molecule has 0 heterocycles. The molecule has 2 amide bonds. The van der Waals surface area contributed by atoms with Crippen LogP contribution in [0.3, 0.4) is 0 Å². The van der Waals surface area contributed by atoms with Gasteiger partial charge in [-0.2, -0.15) is 0 Å². The molecule has 0 bridgehead atoms. The molecule has 0 saturated heterocycles. The van der Waals surface area contributed by atoms with Crippen molar-refractivity contribution in [3.63, 3.8) is 0 Å². The van der Waals surface area contributed by atoms with Crippen molar-refractivity contribution in [3.8, 4) is 0 Å². The molecule has 21 heavy (non-hydrogen) atoms. The Morgan fingerprint density at radius 1 is 1.43 bits per heavy atom. The van der Waals surface area contributed by atoms with E-state index in [0.717, 1.165) is 31.2 Å². The van der Waals surface area contributed by atoms with E-state index in [1.165, 1.54) is 0 Å². The van der Waals surface area contributed by atoms with Crippen LogP contribution in [0.5, 0.6) is 0 Å². The summed E-state index contributed by atoms with van der Waals surface area (Å²) < 4.78 is 0. The van der Waals surface area contributed by atoms with E-state index < -0.39 is 0 Å². The molecule has 1 aliphatic rings. The molecule has 2 N–H and O–H groups in total. The Hall–Kier alpha value is -1.26. The number of urea groups is 1. The number of aryl methyl sites for hydroxylation is 1. The van der Waals surface area contributed by atoms with Gasteiger partial charge >= 0.3 is 6.03 Å². The lowest BCUT2D eigenvalue weighted by Gasteiger charge is -2.31. The van der Waals surface area contributed by atoms with Crippen LogP contribution < -0.4 is 5.32 Å². The zero-order chi connectivity index (χ0) is 15.4. The molecule has 1 saturated carbocycles. The van der Waals surface area contributed by atoms with E-state index in [4.69, 9.17) is 11.6 Å². The van der Waals surface area contributed by atoms with Gasteiger partial charge in [0.05, 0.1) is 16.8 Å². The maximum atomic E-state index is 12.2. The number of nitrogens with one attached hydrogen (secondary N) is 1. The lowest BCUT2D eigenvalue weighted by molar-refractivity contribution is 0.0575. The number of carbonyl (C=O) groups excluding carboxylic acids is 1. The Morgan fingerprint density at radius 3 is 2.86 bits per heavy atom. The van der Waals surface area contributed by atoms with Crippen LogP contribution in [0.25, 0.3) is 0 Å². The Balaban J connectivity index is 1.94. The molecule has 116 valence electrons. The summed E-state index contributed by atoms with van der Waals surface area (Å²) in [6.45, 7) is 2.47. The minimum absolute atomic E-state index is 0.169. The maximum Gasteiger partial charge on any atom is 0.321 e. The average Bonchev–Trinajstić information content (AvgIpc) is 2.46. The number of hydrogen-bond acceptors (Lipinski definition) is 2. The van der Waals surface area contributed by atoms with Crippen molar-refractivity contribution in [2.75, 3.05) is 18.9 Å². The second-order valence-electron chi connectivity index (χ2n) is 5.86. The highest BCUT2D eigenvalue weighted by Gasteiger charge is 2.25. The van der Waals surface area contributed by atoms with Crippen molar-refractivity contribution in [2.45, 2.75) is 38.7 Å². The summed E-state index contributed by atoms with van der Waals surface area (Å²) in [4.78, 5) is 13.9. The number of amides is 2. The summed E-state index contributed by atoms with van der Waals surface area (Å²) >= 11 is 6.18. The third-order valence-corrected chi connectivity index (χ3v) is 4.66. The number of hydrogen-bond donors (Lipinski definition) is 2. The third-order valence-electron chi connectivity index (χ3n) is 4.16. The lowest BCUT2D eigenvalue weighted by atomic mass is 9.86. The first-order valence-corrected chi connectivity index (χ1v) is 7.82. The monoisotopic (exact) mass is 310 g/mol.